The minimum atomic E-state index is -2.83. The zero-order chi connectivity index (χ0) is 17.0. The summed E-state index contributed by atoms with van der Waals surface area (Å²) < 4.78 is 28.0. The SMILES string of the molecule is O=C(NCCCC1CCS(=O)(=O)C1)c1cc(-c2ccccc2)on1. The lowest BCUT2D eigenvalue weighted by Gasteiger charge is -2.07. The molecule has 6 nitrogen and oxygen atoms in total. The molecular formula is C17H20N2O4S. The minimum absolute atomic E-state index is 0.226. The number of hydrogen-bond acceptors (Lipinski definition) is 5. The number of carbonyl (C=O) groups excluding carboxylic acids is 1. The van der Waals surface area contributed by atoms with Crippen molar-refractivity contribution in [2.75, 3.05) is 18.1 Å². The maximum atomic E-state index is 12.1. The summed E-state index contributed by atoms with van der Waals surface area (Å²) in [6.45, 7) is 0.503. The standard InChI is InChI=1S/C17H20N2O4S/c20-17(18-9-4-5-13-8-10-24(21,22)12-13)15-11-16(23-19-15)14-6-2-1-3-7-14/h1-3,6-7,11,13H,4-5,8-10,12H2,(H,18,20). The average Bonchev–Trinajstić information content (AvgIpc) is 3.19. The third-order valence-electron chi connectivity index (χ3n) is 4.20. The van der Waals surface area contributed by atoms with Crippen LogP contribution in [0.3, 0.4) is 0 Å². The highest BCUT2D eigenvalue weighted by molar-refractivity contribution is 7.91. The predicted octanol–water partition coefficient (Wildman–Crippen LogP) is 2.29. The van der Waals surface area contributed by atoms with E-state index in [-0.39, 0.29) is 23.3 Å². The monoisotopic (exact) mass is 348 g/mol. The summed E-state index contributed by atoms with van der Waals surface area (Å²) >= 11 is 0. The van der Waals surface area contributed by atoms with E-state index in [1.807, 2.05) is 30.3 Å². The second-order valence-electron chi connectivity index (χ2n) is 6.11. The largest absolute Gasteiger partial charge is 0.355 e. The van der Waals surface area contributed by atoms with E-state index in [0.717, 1.165) is 24.8 Å². The van der Waals surface area contributed by atoms with E-state index in [9.17, 15) is 13.2 Å². The molecule has 1 aliphatic rings. The van der Waals surface area contributed by atoms with Gasteiger partial charge in [0.05, 0.1) is 11.5 Å². The van der Waals surface area contributed by atoms with Crippen molar-refractivity contribution in [3.8, 4) is 11.3 Å². The quantitative estimate of drug-likeness (QED) is 0.809. The molecule has 0 saturated carbocycles. The molecule has 0 aliphatic carbocycles. The van der Waals surface area contributed by atoms with Gasteiger partial charge in [-0.05, 0) is 25.2 Å². The van der Waals surface area contributed by atoms with Crippen molar-refractivity contribution in [3.63, 3.8) is 0 Å². The molecule has 2 heterocycles. The van der Waals surface area contributed by atoms with Crippen molar-refractivity contribution in [3.05, 3.63) is 42.1 Å². The van der Waals surface area contributed by atoms with Crippen LogP contribution in [0.2, 0.25) is 0 Å². The number of rotatable bonds is 6. The average molecular weight is 348 g/mol. The molecule has 0 spiro atoms. The first-order valence-electron chi connectivity index (χ1n) is 8.04. The summed E-state index contributed by atoms with van der Waals surface area (Å²) in [6.07, 6.45) is 2.31. The number of hydrogen-bond donors (Lipinski definition) is 1. The topological polar surface area (TPSA) is 89.3 Å². The molecule has 1 amide bonds. The first-order chi connectivity index (χ1) is 11.5. The normalized spacial score (nSPS) is 19.2. The zero-order valence-electron chi connectivity index (χ0n) is 13.3. The summed E-state index contributed by atoms with van der Waals surface area (Å²) in [7, 11) is -2.83. The Kier molecular flexibility index (Phi) is 4.99. The van der Waals surface area contributed by atoms with Crippen LogP contribution in [0.5, 0.6) is 0 Å². The van der Waals surface area contributed by atoms with E-state index in [0.29, 0.717) is 18.1 Å². The molecule has 7 heteroatoms. The molecule has 1 aromatic heterocycles. The summed E-state index contributed by atoms with van der Waals surface area (Å²) in [5.41, 5.74) is 1.11. The Morgan fingerprint density at radius 1 is 1.29 bits per heavy atom. The van der Waals surface area contributed by atoms with Gasteiger partial charge in [0.1, 0.15) is 0 Å². The van der Waals surface area contributed by atoms with Crippen LogP contribution < -0.4 is 5.32 Å². The van der Waals surface area contributed by atoms with Gasteiger partial charge >= 0.3 is 0 Å². The fourth-order valence-electron chi connectivity index (χ4n) is 2.90. The summed E-state index contributed by atoms with van der Waals surface area (Å²) in [6, 6.07) is 11.1. The third kappa shape index (κ3) is 4.23. The van der Waals surface area contributed by atoms with E-state index in [1.165, 1.54) is 0 Å². The minimum Gasteiger partial charge on any atom is -0.355 e. The van der Waals surface area contributed by atoms with E-state index in [4.69, 9.17) is 4.52 Å². The van der Waals surface area contributed by atoms with Crippen LogP contribution in [-0.4, -0.2) is 37.5 Å². The number of benzene rings is 1. The van der Waals surface area contributed by atoms with Crippen molar-refractivity contribution in [1.82, 2.24) is 10.5 Å². The number of nitrogens with zero attached hydrogens (tertiary/aromatic N) is 1. The Bertz CT molecular complexity index is 799. The molecule has 24 heavy (non-hydrogen) atoms. The highest BCUT2D eigenvalue weighted by Crippen LogP contribution is 2.22. The molecule has 3 rings (SSSR count). The van der Waals surface area contributed by atoms with Gasteiger partial charge in [-0.2, -0.15) is 0 Å². The van der Waals surface area contributed by atoms with Crippen LogP contribution >= 0.6 is 0 Å². The van der Waals surface area contributed by atoms with Crippen LogP contribution in [-0.2, 0) is 9.84 Å². The second kappa shape index (κ2) is 7.17. The van der Waals surface area contributed by atoms with Crippen molar-refractivity contribution in [2.45, 2.75) is 19.3 Å². The van der Waals surface area contributed by atoms with Gasteiger partial charge in [0, 0.05) is 18.2 Å². The lowest BCUT2D eigenvalue weighted by molar-refractivity contribution is 0.0943. The fourth-order valence-corrected chi connectivity index (χ4v) is 4.81. The first-order valence-corrected chi connectivity index (χ1v) is 9.86. The molecule has 2 aromatic rings. The molecule has 1 atom stereocenters. The maximum absolute atomic E-state index is 12.1. The predicted molar refractivity (Wildman–Crippen MR) is 90.3 cm³/mol. The van der Waals surface area contributed by atoms with E-state index < -0.39 is 9.84 Å². The number of carbonyl (C=O) groups is 1. The molecule has 0 radical (unpaired) electrons. The third-order valence-corrected chi connectivity index (χ3v) is 6.04. The molecule has 1 aliphatic heterocycles. The molecule has 1 unspecified atom stereocenters. The van der Waals surface area contributed by atoms with Crippen LogP contribution in [0.1, 0.15) is 29.8 Å². The lowest BCUT2D eigenvalue weighted by Crippen LogP contribution is -2.25. The van der Waals surface area contributed by atoms with Gasteiger partial charge in [-0.1, -0.05) is 35.5 Å². The van der Waals surface area contributed by atoms with Gasteiger partial charge in [0.25, 0.3) is 5.91 Å². The molecule has 1 fully saturated rings. The highest BCUT2D eigenvalue weighted by atomic mass is 32.2. The van der Waals surface area contributed by atoms with E-state index >= 15 is 0 Å². The Morgan fingerprint density at radius 3 is 2.79 bits per heavy atom. The Morgan fingerprint density at radius 2 is 2.08 bits per heavy atom. The van der Waals surface area contributed by atoms with Crippen molar-refractivity contribution in [1.29, 1.82) is 0 Å². The van der Waals surface area contributed by atoms with Gasteiger partial charge < -0.3 is 9.84 Å². The van der Waals surface area contributed by atoms with E-state index in [2.05, 4.69) is 10.5 Å². The Labute approximate surface area is 141 Å². The number of nitrogens with one attached hydrogen (secondary N) is 1. The van der Waals surface area contributed by atoms with Gasteiger partial charge in [-0.25, -0.2) is 8.42 Å². The summed E-state index contributed by atoms with van der Waals surface area (Å²) in [5, 5.41) is 6.60. The second-order valence-corrected chi connectivity index (χ2v) is 8.34. The van der Waals surface area contributed by atoms with Crippen LogP contribution in [0.25, 0.3) is 11.3 Å². The van der Waals surface area contributed by atoms with Gasteiger partial charge in [0.15, 0.2) is 21.3 Å². The van der Waals surface area contributed by atoms with Gasteiger partial charge in [0.2, 0.25) is 0 Å². The molecule has 1 N–H and O–H groups in total. The van der Waals surface area contributed by atoms with E-state index in [1.54, 1.807) is 6.07 Å². The molecular weight excluding hydrogens is 328 g/mol. The number of aromatic nitrogens is 1. The first kappa shape index (κ1) is 16.7. The summed E-state index contributed by atoms with van der Waals surface area (Å²) in [4.78, 5) is 12.1. The molecule has 0 bridgehead atoms. The number of sulfone groups is 1. The number of amides is 1. The van der Waals surface area contributed by atoms with Crippen molar-refractivity contribution in [2.24, 2.45) is 5.92 Å². The smallest absolute Gasteiger partial charge is 0.273 e. The maximum Gasteiger partial charge on any atom is 0.273 e. The fraction of sp³-hybridized carbons (Fsp3) is 0.412. The summed E-state index contributed by atoms with van der Waals surface area (Å²) in [5.74, 6) is 1.08. The van der Waals surface area contributed by atoms with Gasteiger partial charge in [-0.3, -0.25) is 4.79 Å². The van der Waals surface area contributed by atoms with Gasteiger partial charge in [-0.15, -0.1) is 0 Å². The van der Waals surface area contributed by atoms with Crippen molar-refractivity contribution >= 4 is 15.7 Å². The molecule has 1 aromatic carbocycles. The lowest BCUT2D eigenvalue weighted by atomic mass is 10.0. The van der Waals surface area contributed by atoms with Crippen molar-refractivity contribution < 1.29 is 17.7 Å². The van der Waals surface area contributed by atoms with Crippen LogP contribution in [0.15, 0.2) is 40.9 Å². The molecule has 1 saturated heterocycles. The van der Waals surface area contributed by atoms with Crippen LogP contribution in [0, 0.1) is 5.92 Å². The zero-order valence-corrected chi connectivity index (χ0v) is 14.1. The van der Waals surface area contributed by atoms with Crippen LogP contribution in [0.4, 0.5) is 0 Å². The molecule has 128 valence electrons. The Hall–Kier alpha value is -2.15. The Balaban J connectivity index is 1.45. The highest BCUT2D eigenvalue weighted by Gasteiger charge is 2.27.